The first kappa shape index (κ1) is 29.6. The SMILES string of the molecule is CCC(Sc1nnc(CS(=O)(=O)c2ccc(C)cc2)n1-c1ccccc1)C(=O)Nc1cc(C(F)(F)F)ccc1Cl. The number of aryl methyl sites for hydroxylation is 1. The second-order valence-corrected chi connectivity index (χ2v) is 12.4. The maximum atomic E-state index is 13.2. The van der Waals surface area contributed by atoms with Gasteiger partial charge in [0.05, 0.1) is 26.4 Å². The van der Waals surface area contributed by atoms with E-state index in [2.05, 4.69) is 15.5 Å². The summed E-state index contributed by atoms with van der Waals surface area (Å²) in [6.45, 7) is 3.59. The lowest BCUT2D eigenvalue weighted by atomic mass is 10.2. The van der Waals surface area contributed by atoms with Crippen LogP contribution >= 0.6 is 23.4 Å². The number of amides is 1. The Labute approximate surface area is 238 Å². The van der Waals surface area contributed by atoms with Gasteiger partial charge in [0, 0.05) is 5.69 Å². The van der Waals surface area contributed by atoms with Crippen molar-refractivity contribution in [1.82, 2.24) is 14.8 Å². The maximum Gasteiger partial charge on any atom is 0.416 e. The number of sulfone groups is 1. The van der Waals surface area contributed by atoms with Gasteiger partial charge in [-0.2, -0.15) is 13.2 Å². The molecule has 7 nitrogen and oxygen atoms in total. The number of rotatable bonds is 9. The predicted octanol–water partition coefficient (Wildman–Crippen LogP) is 6.73. The molecule has 0 saturated carbocycles. The summed E-state index contributed by atoms with van der Waals surface area (Å²) in [7, 11) is -3.78. The lowest BCUT2D eigenvalue weighted by molar-refractivity contribution is -0.137. The molecule has 13 heteroatoms. The number of benzene rings is 3. The van der Waals surface area contributed by atoms with Gasteiger partial charge in [0.1, 0.15) is 5.75 Å². The van der Waals surface area contributed by atoms with E-state index in [1.807, 2.05) is 6.92 Å². The maximum absolute atomic E-state index is 13.2. The van der Waals surface area contributed by atoms with Crippen molar-refractivity contribution in [2.24, 2.45) is 0 Å². The number of para-hydroxylation sites is 1. The molecule has 1 aromatic heterocycles. The summed E-state index contributed by atoms with van der Waals surface area (Å²) < 4.78 is 67.5. The first-order valence-corrected chi connectivity index (χ1v) is 14.9. The summed E-state index contributed by atoms with van der Waals surface area (Å²) in [4.78, 5) is 13.3. The summed E-state index contributed by atoms with van der Waals surface area (Å²) in [5.74, 6) is -0.892. The molecule has 1 atom stereocenters. The van der Waals surface area contributed by atoms with Gasteiger partial charge in [-0.1, -0.05) is 66.2 Å². The van der Waals surface area contributed by atoms with Crippen LogP contribution in [0.5, 0.6) is 0 Å². The van der Waals surface area contributed by atoms with Crippen molar-refractivity contribution < 1.29 is 26.4 Å². The summed E-state index contributed by atoms with van der Waals surface area (Å²) in [5, 5.41) is 10.2. The molecule has 0 aliphatic heterocycles. The first-order chi connectivity index (χ1) is 18.9. The van der Waals surface area contributed by atoms with Crippen LogP contribution in [0.3, 0.4) is 0 Å². The van der Waals surface area contributed by atoms with Crippen LogP contribution in [-0.2, 0) is 26.6 Å². The molecule has 1 heterocycles. The third-order valence-electron chi connectivity index (χ3n) is 5.88. The minimum atomic E-state index is -4.61. The van der Waals surface area contributed by atoms with Crippen molar-refractivity contribution in [3.05, 3.63) is 94.8 Å². The highest BCUT2D eigenvalue weighted by Crippen LogP contribution is 2.35. The highest BCUT2D eigenvalue weighted by molar-refractivity contribution is 8.00. The van der Waals surface area contributed by atoms with Crippen LogP contribution in [0, 0.1) is 6.92 Å². The molecule has 1 unspecified atom stereocenters. The predicted molar refractivity (Wildman–Crippen MR) is 148 cm³/mol. The van der Waals surface area contributed by atoms with Crippen molar-refractivity contribution in [3.63, 3.8) is 0 Å². The molecule has 0 fully saturated rings. The lowest BCUT2D eigenvalue weighted by Crippen LogP contribution is -2.25. The summed E-state index contributed by atoms with van der Waals surface area (Å²) in [5.41, 5.74) is 0.381. The number of aromatic nitrogens is 3. The normalized spacial score (nSPS) is 12.8. The summed E-state index contributed by atoms with van der Waals surface area (Å²) in [6, 6.07) is 18.0. The molecule has 1 amide bonds. The molecule has 4 aromatic rings. The third-order valence-corrected chi connectivity index (χ3v) is 9.14. The molecule has 4 rings (SSSR count). The molecular weight excluding hydrogens is 585 g/mol. The highest BCUT2D eigenvalue weighted by atomic mass is 35.5. The van der Waals surface area contributed by atoms with Gasteiger partial charge in [0.25, 0.3) is 0 Å². The van der Waals surface area contributed by atoms with Gasteiger partial charge < -0.3 is 5.32 Å². The van der Waals surface area contributed by atoms with Crippen LogP contribution in [0.15, 0.2) is 82.8 Å². The van der Waals surface area contributed by atoms with E-state index < -0.39 is 38.5 Å². The number of nitrogens with zero attached hydrogens (tertiary/aromatic N) is 3. The van der Waals surface area contributed by atoms with E-state index in [1.165, 1.54) is 12.1 Å². The second-order valence-electron chi connectivity index (χ2n) is 8.84. The number of anilines is 1. The number of hydrogen-bond acceptors (Lipinski definition) is 6. The Morgan fingerprint density at radius 3 is 2.35 bits per heavy atom. The molecule has 210 valence electrons. The Morgan fingerprint density at radius 2 is 1.73 bits per heavy atom. The van der Waals surface area contributed by atoms with Crippen LogP contribution in [0.2, 0.25) is 5.02 Å². The number of thioether (sulfide) groups is 1. The first-order valence-electron chi connectivity index (χ1n) is 12.0. The number of hydrogen-bond donors (Lipinski definition) is 1. The second kappa shape index (κ2) is 12.0. The molecule has 3 aromatic carbocycles. The van der Waals surface area contributed by atoms with E-state index in [0.717, 1.165) is 35.5 Å². The quantitative estimate of drug-likeness (QED) is 0.212. The van der Waals surface area contributed by atoms with Gasteiger partial charge in [0.15, 0.2) is 20.8 Å². The molecular formula is C27H24ClF3N4O3S2. The van der Waals surface area contributed by atoms with Crippen molar-refractivity contribution in [3.8, 4) is 5.69 Å². The molecule has 40 heavy (non-hydrogen) atoms. The van der Waals surface area contributed by atoms with E-state index in [1.54, 1.807) is 54.0 Å². The third kappa shape index (κ3) is 6.86. The van der Waals surface area contributed by atoms with E-state index in [0.29, 0.717) is 5.69 Å². The van der Waals surface area contributed by atoms with Crippen molar-refractivity contribution in [1.29, 1.82) is 0 Å². The number of halogens is 4. The fourth-order valence-corrected chi connectivity index (χ4v) is 6.17. The number of carbonyl (C=O) groups excluding carboxylic acids is 1. The van der Waals surface area contributed by atoms with Gasteiger partial charge in [-0.15, -0.1) is 10.2 Å². The highest BCUT2D eigenvalue weighted by Gasteiger charge is 2.32. The summed E-state index contributed by atoms with van der Waals surface area (Å²) >= 11 is 7.07. The van der Waals surface area contributed by atoms with E-state index in [-0.39, 0.29) is 33.0 Å². The van der Waals surface area contributed by atoms with Gasteiger partial charge >= 0.3 is 6.18 Å². The average Bonchev–Trinajstić information content (AvgIpc) is 3.29. The number of nitrogens with one attached hydrogen (secondary N) is 1. The van der Waals surface area contributed by atoms with Crippen LogP contribution in [-0.4, -0.2) is 34.3 Å². The van der Waals surface area contributed by atoms with Crippen LogP contribution < -0.4 is 5.32 Å². The Hall–Kier alpha value is -3.35. The molecule has 0 radical (unpaired) electrons. The standard InChI is InChI=1S/C27H24ClF3N4O3S2/c1-3-23(25(36)32-22-15-18(27(29,30)31)11-14-21(22)28)39-26-34-33-24(35(26)19-7-5-4-6-8-19)16-40(37,38)20-12-9-17(2)10-13-20/h4-15,23H,3,16H2,1-2H3,(H,32,36). The Bertz CT molecular complexity index is 1610. The van der Waals surface area contributed by atoms with Crippen LogP contribution in [0.4, 0.5) is 18.9 Å². The van der Waals surface area contributed by atoms with Crippen molar-refractivity contribution in [2.45, 2.75) is 47.5 Å². The van der Waals surface area contributed by atoms with Crippen LogP contribution in [0.1, 0.15) is 30.3 Å². The summed E-state index contributed by atoms with van der Waals surface area (Å²) in [6.07, 6.45) is -4.32. The molecule has 0 spiro atoms. The Kier molecular flexibility index (Phi) is 8.91. The van der Waals surface area contributed by atoms with Crippen molar-refractivity contribution in [2.75, 3.05) is 5.32 Å². The Balaban J connectivity index is 1.64. The largest absolute Gasteiger partial charge is 0.416 e. The number of carbonyl (C=O) groups is 1. The van der Waals surface area contributed by atoms with Crippen molar-refractivity contribution >= 4 is 44.8 Å². The fraction of sp³-hybridized carbons (Fsp3) is 0.222. The Morgan fingerprint density at radius 1 is 1.05 bits per heavy atom. The van der Waals surface area contributed by atoms with Gasteiger partial charge in [-0.05, 0) is 55.8 Å². The van der Waals surface area contributed by atoms with E-state index in [9.17, 15) is 26.4 Å². The van der Waals surface area contributed by atoms with Gasteiger partial charge in [-0.3, -0.25) is 9.36 Å². The topological polar surface area (TPSA) is 93.9 Å². The van der Waals surface area contributed by atoms with Gasteiger partial charge in [0.2, 0.25) is 5.91 Å². The average molecular weight is 609 g/mol. The van der Waals surface area contributed by atoms with E-state index in [4.69, 9.17) is 11.6 Å². The molecule has 0 bridgehead atoms. The van der Waals surface area contributed by atoms with Gasteiger partial charge in [-0.25, -0.2) is 8.42 Å². The smallest absolute Gasteiger partial charge is 0.324 e. The lowest BCUT2D eigenvalue weighted by Gasteiger charge is -2.17. The molecule has 1 N–H and O–H groups in total. The minimum Gasteiger partial charge on any atom is -0.324 e. The fourth-order valence-electron chi connectivity index (χ4n) is 3.77. The zero-order chi connectivity index (χ0) is 29.1. The van der Waals surface area contributed by atoms with Crippen LogP contribution in [0.25, 0.3) is 5.69 Å². The minimum absolute atomic E-state index is 0.0442. The number of alkyl halides is 3. The molecule has 0 saturated heterocycles. The van der Waals surface area contributed by atoms with E-state index >= 15 is 0 Å². The monoisotopic (exact) mass is 608 g/mol. The zero-order valence-electron chi connectivity index (χ0n) is 21.3. The molecule has 0 aliphatic carbocycles. The zero-order valence-corrected chi connectivity index (χ0v) is 23.7. The molecule has 0 aliphatic rings.